The summed E-state index contributed by atoms with van der Waals surface area (Å²) in [6, 6.07) is 3.39. The molecule has 1 aromatic rings. The molecule has 2 aliphatic heterocycles. The molecule has 1 aromatic heterocycles. The Morgan fingerprint density at radius 1 is 1.08 bits per heavy atom. The second-order valence-corrected chi connectivity index (χ2v) is 6.25. The Bertz CT molecular complexity index is 614. The van der Waals surface area contributed by atoms with E-state index in [2.05, 4.69) is 15.2 Å². The zero-order chi connectivity index (χ0) is 17.6. The summed E-state index contributed by atoms with van der Waals surface area (Å²) in [6.45, 7) is 4.51. The quantitative estimate of drug-likeness (QED) is 0.626. The lowest BCUT2D eigenvalue weighted by atomic mass is 10.3. The van der Waals surface area contributed by atoms with Crippen LogP contribution in [0.4, 0.5) is 0 Å². The fourth-order valence-corrected chi connectivity index (χ4v) is 3.24. The van der Waals surface area contributed by atoms with Crippen LogP contribution in [-0.2, 0) is 4.79 Å². The Morgan fingerprint density at radius 2 is 1.76 bits per heavy atom. The van der Waals surface area contributed by atoms with Gasteiger partial charge in [0.25, 0.3) is 5.91 Å². The van der Waals surface area contributed by atoms with E-state index in [1.807, 2.05) is 4.90 Å². The number of carbonyl (C=O) groups excluding carboxylic acids is 2. The van der Waals surface area contributed by atoms with Crippen molar-refractivity contribution in [3.05, 3.63) is 24.2 Å². The number of likely N-dealkylation sites (tertiary alicyclic amines) is 1. The van der Waals surface area contributed by atoms with E-state index >= 15 is 0 Å². The number of nitrogens with one attached hydrogen (secondary N) is 1. The molecule has 1 N–H and O–H groups in total. The maximum Gasteiger partial charge on any atom is 0.289 e. The van der Waals surface area contributed by atoms with Crippen LogP contribution in [0.15, 0.2) is 27.8 Å². The standard InChI is InChI=1S/C17H25N5O3/c1-18-17(19-13-15(23)20-6-2-3-7-20)22-10-8-21(9-11-22)16(24)14-5-4-12-25-14/h4-5,12H,2-3,6-11,13H2,1H3,(H,18,19). The van der Waals surface area contributed by atoms with E-state index in [1.165, 1.54) is 6.26 Å². The number of guanidine groups is 1. The molecule has 8 heteroatoms. The molecule has 25 heavy (non-hydrogen) atoms. The molecule has 0 radical (unpaired) electrons. The number of carbonyl (C=O) groups is 2. The monoisotopic (exact) mass is 347 g/mol. The topological polar surface area (TPSA) is 81.4 Å². The van der Waals surface area contributed by atoms with E-state index in [-0.39, 0.29) is 18.4 Å². The van der Waals surface area contributed by atoms with Crippen LogP contribution in [0.3, 0.4) is 0 Å². The molecule has 8 nitrogen and oxygen atoms in total. The second kappa shape index (κ2) is 8.04. The van der Waals surface area contributed by atoms with Crippen molar-refractivity contribution in [2.24, 2.45) is 4.99 Å². The minimum atomic E-state index is -0.0863. The lowest BCUT2D eigenvalue weighted by Crippen LogP contribution is -2.54. The molecule has 0 saturated carbocycles. The fourth-order valence-electron chi connectivity index (χ4n) is 3.24. The molecule has 0 aromatic carbocycles. The third-order valence-corrected chi connectivity index (χ3v) is 4.67. The number of amides is 2. The number of piperazine rings is 1. The predicted molar refractivity (Wildman–Crippen MR) is 93.4 cm³/mol. The van der Waals surface area contributed by atoms with Gasteiger partial charge in [-0.1, -0.05) is 0 Å². The van der Waals surface area contributed by atoms with Gasteiger partial charge in [-0.25, -0.2) is 0 Å². The lowest BCUT2D eigenvalue weighted by molar-refractivity contribution is -0.128. The van der Waals surface area contributed by atoms with Crippen molar-refractivity contribution in [1.82, 2.24) is 20.0 Å². The van der Waals surface area contributed by atoms with Crippen LogP contribution in [0.25, 0.3) is 0 Å². The van der Waals surface area contributed by atoms with Gasteiger partial charge in [-0.05, 0) is 25.0 Å². The second-order valence-electron chi connectivity index (χ2n) is 6.25. The number of furan rings is 1. The summed E-state index contributed by atoms with van der Waals surface area (Å²) in [5.74, 6) is 1.10. The van der Waals surface area contributed by atoms with Crippen LogP contribution in [0.5, 0.6) is 0 Å². The predicted octanol–water partition coefficient (Wildman–Crippen LogP) is 0.235. The minimum absolute atomic E-state index is 0.0863. The third-order valence-electron chi connectivity index (χ3n) is 4.67. The van der Waals surface area contributed by atoms with Crippen molar-refractivity contribution < 1.29 is 14.0 Å². The number of aliphatic imine (C=N–C) groups is 1. The minimum Gasteiger partial charge on any atom is -0.459 e. The molecule has 2 saturated heterocycles. The maximum atomic E-state index is 12.3. The molecule has 0 aliphatic carbocycles. The van der Waals surface area contributed by atoms with Crippen LogP contribution in [0.1, 0.15) is 23.4 Å². The van der Waals surface area contributed by atoms with Crippen LogP contribution in [0, 0.1) is 0 Å². The summed E-state index contributed by atoms with van der Waals surface area (Å²) in [4.78, 5) is 34.4. The van der Waals surface area contributed by atoms with E-state index < -0.39 is 0 Å². The molecule has 3 rings (SSSR count). The molecular weight excluding hydrogens is 322 g/mol. The Labute approximate surface area is 147 Å². The SMILES string of the molecule is CN=C(NCC(=O)N1CCCC1)N1CCN(C(=O)c2ccco2)CC1. The first-order chi connectivity index (χ1) is 12.2. The van der Waals surface area contributed by atoms with Crippen molar-refractivity contribution in [3.63, 3.8) is 0 Å². The first-order valence-corrected chi connectivity index (χ1v) is 8.75. The average Bonchev–Trinajstić information content (AvgIpc) is 3.35. The van der Waals surface area contributed by atoms with Gasteiger partial charge in [-0.15, -0.1) is 0 Å². The van der Waals surface area contributed by atoms with Crippen LogP contribution in [0.2, 0.25) is 0 Å². The van der Waals surface area contributed by atoms with Crippen molar-refractivity contribution in [2.45, 2.75) is 12.8 Å². The molecule has 2 fully saturated rings. The number of nitrogens with zero attached hydrogens (tertiary/aromatic N) is 4. The Balaban J connectivity index is 1.47. The molecule has 0 atom stereocenters. The number of hydrogen-bond donors (Lipinski definition) is 1. The van der Waals surface area contributed by atoms with Crippen molar-refractivity contribution in [3.8, 4) is 0 Å². The summed E-state index contributed by atoms with van der Waals surface area (Å²) < 4.78 is 5.17. The van der Waals surface area contributed by atoms with Gasteiger partial charge in [0.15, 0.2) is 11.7 Å². The zero-order valence-electron chi connectivity index (χ0n) is 14.6. The fraction of sp³-hybridized carbons (Fsp3) is 0.588. The van der Waals surface area contributed by atoms with E-state index in [0.717, 1.165) is 25.9 Å². The molecule has 0 spiro atoms. The molecule has 2 amide bonds. The smallest absolute Gasteiger partial charge is 0.289 e. The molecule has 0 bridgehead atoms. The van der Waals surface area contributed by atoms with Crippen LogP contribution >= 0.6 is 0 Å². The lowest BCUT2D eigenvalue weighted by Gasteiger charge is -2.36. The van der Waals surface area contributed by atoms with Gasteiger partial charge in [0.1, 0.15) is 0 Å². The summed E-state index contributed by atoms with van der Waals surface area (Å²) in [7, 11) is 1.71. The Kier molecular flexibility index (Phi) is 5.57. The van der Waals surface area contributed by atoms with Crippen molar-refractivity contribution in [2.75, 3.05) is 52.9 Å². The highest BCUT2D eigenvalue weighted by Gasteiger charge is 2.25. The zero-order valence-corrected chi connectivity index (χ0v) is 14.6. The van der Waals surface area contributed by atoms with E-state index in [0.29, 0.717) is 37.9 Å². The summed E-state index contributed by atoms with van der Waals surface area (Å²) in [5, 5.41) is 3.15. The number of rotatable bonds is 3. The molecular formula is C17H25N5O3. The van der Waals surface area contributed by atoms with Gasteiger partial charge < -0.3 is 24.4 Å². The number of hydrogen-bond acceptors (Lipinski definition) is 4. The van der Waals surface area contributed by atoms with E-state index in [1.54, 1.807) is 24.1 Å². The largest absolute Gasteiger partial charge is 0.459 e. The highest BCUT2D eigenvalue weighted by atomic mass is 16.3. The van der Waals surface area contributed by atoms with Crippen molar-refractivity contribution in [1.29, 1.82) is 0 Å². The first-order valence-electron chi connectivity index (χ1n) is 8.75. The van der Waals surface area contributed by atoms with Gasteiger partial charge in [0.05, 0.1) is 12.8 Å². The van der Waals surface area contributed by atoms with E-state index in [9.17, 15) is 9.59 Å². The van der Waals surface area contributed by atoms with Gasteiger partial charge in [0, 0.05) is 46.3 Å². The molecule has 0 unspecified atom stereocenters. The van der Waals surface area contributed by atoms with Crippen molar-refractivity contribution >= 4 is 17.8 Å². The van der Waals surface area contributed by atoms with Gasteiger partial charge in [-0.2, -0.15) is 0 Å². The van der Waals surface area contributed by atoms with Gasteiger partial charge >= 0.3 is 0 Å². The first kappa shape index (κ1) is 17.3. The third kappa shape index (κ3) is 4.12. The molecule has 136 valence electrons. The maximum absolute atomic E-state index is 12.3. The van der Waals surface area contributed by atoms with Gasteiger partial charge in [0.2, 0.25) is 5.91 Å². The highest BCUT2D eigenvalue weighted by Crippen LogP contribution is 2.10. The van der Waals surface area contributed by atoms with Gasteiger partial charge in [-0.3, -0.25) is 14.6 Å². The summed E-state index contributed by atoms with van der Waals surface area (Å²) in [6.07, 6.45) is 3.69. The summed E-state index contributed by atoms with van der Waals surface area (Å²) >= 11 is 0. The van der Waals surface area contributed by atoms with E-state index in [4.69, 9.17) is 4.42 Å². The Morgan fingerprint density at radius 3 is 2.36 bits per heavy atom. The molecule has 2 aliphatic rings. The highest BCUT2D eigenvalue weighted by molar-refractivity contribution is 5.92. The molecule has 3 heterocycles. The average molecular weight is 347 g/mol. The van der Waals surface area contributed by atoms with Crippen LogP contribution in [-0.4, -0.2) is 85.3 Å². The summed E-state index contributed by atoms with van der Waals surface area (Å²) in [5.41, 5.74) is 0. The Hall–Kier alpha value is -2.51. The van der Waals surface area contributed by atoms with Crippen LogP contribution < -0.4 is 5.32 Å². The normalized spacial score (nSPS) is 18.6.